The van der Waals surface area contributed by atoms with E-state index in [1.54, 1.807) is 0 Å². The van der Waals surface area contributed by atoms with Gasteiger partial charge in [0.05, 0.1) is 16.7 Å². The molecular formula is C32H22N2. The van der Waals surface area contributed by atoms with Gasteiger partial charge >= 0.3 is 0 Å². The second-order valence-corrected chi connectivity index (χ2v) is 8.73. The number of nitrogens with zero attached hydrogens (tertiary/aromatic N) is 1. The molecule has 34 heavy (non-hydrogen) atoms. The molecule has 7 rings (SSSR count). The van der Waals surface area contributed by atoms with Crippen LogP contribution in [0.4, 0.5) is 0 Å². The van der Waals surface area contributed by atoms with Gasteiger partial charge in [-0.2, -0.15) is 0 Å². The Labute approximate surface area is 197 Å². The van der Waals surface area contributed by atoms with Crippen LogP contribution in [0.2, 0.25) is 0 Å². The molecule has 1 aliphatic heterocycles. The van der Waals surface area contributed by atoms with Crippen molar-refractivity contribution in [3.05, 3.63) is 133 Å². The van der Waals surface area contributed by atoms with Crippen LogP contribution in [-0.2, 0) is 0 Å². The molecule has 5 aromatic carbocycles. The molecule has 1 N–H and O–H groups in total. The van der Waals surface area contributed by atoms with E-state index in [-0.39, 0.29) is 0 Å². The van der Waals surface area contributed by atoms with Crippen LogP contribution >= 0.6 is 0 Å². The van der Waals surface area contributed by atoms with Gasteiger partial charge in [0.15, 0.2) is 0 Å². The highest BCUT2D eigenvalue weighted by Crippen LogP contribution is 2.36. The molecule has 160 valence electrons. The highest BCUT2D eigenvalue weighted by molar-refractivity contribution is 6.12. The lowest BCUT2D eigenvalue weighted by Crippen LogP contribution is -2.00. The summed E-state index contributed by atoms with van der Waals surface area (Å²) in [4.78, 5) is 0. The zero-order valence-corrected chi connectivity index (χ0v) is 18.6. The van der Waals surface area contributed by atoms with Crippen LogP contribution in [0, 0.1) is 0 Å². The van der Waals surface area contributed by atoms with E-state index in [2.05, 4.69) is 138 Å². The number of hydrogen-bond donors (Lipinski definition) is 1. The van der Waals surface area contributed by atoms with Crippen LogP contribution < -0.4 is 5.32 Å². The van der Waals surface area contributed by atoms with Crippen LogP contribution in [0.15, 0.2) is 128 Å². The molecule has 2 heterocycles. The molecule has 0 bridgehead atoms. The molecule has 0 atom stereocenters. The zero-order chi connectivity index (χ0) is 22.5. The van der Waals surface area contributed by atoms with Crippen LogP contribution in [-0.4, -0.2) is 4.57 Å². The van der Waals surface area contributed by atoms with E-state index in [0.717, 1.165) is 5.70 Å². The number of allylic oxidation sites excluding steroid dienone is 4. The molecular weight excluding hydrogens is 412 g/mol. The van der Waals surface area contributed by atoms with Crippen molar-refractivity contribution in [3.63, 3.8) is 0 Å². The van der Waals surface area contributed by atoms with Crippen molar-refractivity contribution in [2.24, 2.45) is 0 Å². The fraction of sp³-hybridized carbons (Fsp3) is 0. The van der Waals surface area contributed by atoms with E-state index in [0.29, 0.717) is 0 Å². The molecule has 2 heteroatoms. The predicted molar refractivity (Wildman–Crippen MR) is 145 cm³/mol. The second kappa shape index (κ2) is 7.50. The smallest absolute Gasteiger partial charge is 0.0622 e. The van der Waals surface area contributed by atoms with Crippen molar-refractivity contribution < 1.29 is 0 Å². The topological polar surface area (TPSA) is 17.0 Å². The fourth-order valence-electron chi connectivity index (χ4n) is 5.31. The number of hydrogen-bond acceptors (Lipinski definition) is 1. The minimum absolute atomic E-state index is 1.10. The Morgan fingerprint density at radius 1 is 0.500 bits per heavy atom. The number of rotatable bonds is 2. The van der Waals surface area contributed by atoms with Gasteiger partial charge in [-0.3, -0.25) is 0 Å². The molecule has 0 spiro atoms. The van der Waals surface area contributed by atoms with Crippen molar-refractivity contribution in [3.8, 4) is 0 Å². The Morgan fingerprint density at radius 3 is 1.65 bits per heavy atom. The van der Waals surface area contributed by atoms with E-state index in [1.165, 1.54) is 54.5 Å². The summed E-state index contributed by atoms with van der Waals surface area (Å²) in [7, 11) is 0. The highest BCUT2D eigenvalue weighted by Gasteiger charge is 2.15. The zero-order valence-electron chi connectivity index (χ0n) is 18.6. The molecule has 1 aliphatic rings. The first-order chi connectivity index (χ1) is 16.9. The quantitative estimate of drug-likeness (QED) is 0.272. The summed E-state index contributed by atoms with van der Waals surface area (Å²) in [5.41, 5.74) is 5.95. The van der Waals surface area contributed by atoms with Crippen molar-refractivity contribution in [2.75, 3.05) is 0 Å². The maximum atomic E-state index is 3.49. The number of nitrogens with one attached hydrogen (secondary N) is 1. The summed E-state index contributed by atoms with van der Waals surface area (Å²) in [6, 6.07) is 36.8. The van der Waals surface area contributed by atoms with Gasteiger partial charge in [-0.25, -0.2) is 0 Å². The van der Waals surface area contributed by atoms with E-state index in [9.17, 15) is 0 Å². The molecule has 0 saturated heterocycles. The Morgan fingerprint density at radius 2 is 1.03 bits per heavy atom. The second-order valence-electron chi connectivity index (χ2n) is 8.73. The normalized spacial score (nSPS) is 13.8. The molecule has 0 unspecified atom stereocenters. The first-order valence-corrected chi connectivity index (χ1v) is 11.6. The summed E-state index contributed by atoms with van der Waals surface area (Å²) < 4.78 is 2.34. The number of benzene rings is 5. The van der Waals surface area contributed by atoms with Crippen molar-refractivity contribution >= 4 is 54.6 Å². The third kappa shape index (κ3) is 2.82. The van der Waals surface area contributed by atoms with Gasteiger partial charge in [-0.05, 0) is 57.0 Å². The molecule has 0 radical (unpaired) electrons. The maximum absolute atomic E-state index is 3.49. The Bertz CT molecular complexity index is 1720. The Balaban J connectivity index is 1.42. The standard InChI is InChI=1S/C32H22N2/c1-3-11-26-22(9-1)19-23-10-2-4-12-27(23)32(26)24-17-18-25(21-33-20-24)34-30-15-7-5-13-28(30)29-14-6-8-16-31(29)34/h1-21,33H. The summed E-state index contributed by atoms with van der Waals surface area (Å²) in [5, 5.41) is 11.1. The van der Waals surface area contributed by atoms with Gasteiger partial charge in [0.2, 0.25) is 0 Å². The predicted octanol–water partition coefficient (Wildman–Crippen LogP) is 8.10. The van der Waals surface area contributed by atoms with Crippen LogP contribution in [0.1, 0.15) is 5.56 Å². The van der Waals surface area contributed by atoms with Crippen molar-refractivity contribution in [2.45, 2.75) is 0 Å². The number of para-hydroxylation sites is 2. The van der Waals surface area contributed by atoms with Crippen molar-refractivity contribution in [1.29, 1.82) is 0 Å². The van der Waals surface area contributed by atoms with Gasteiger partial charge < -0.3 is 9.88 Å². The third-order valence-electron chi connectivity index (χ3n) is 6.80. The number of fused-ring (bicyclic) bond motifs is 5. The monoisotopic (exact) mass is 434 g/mol. The average molecular weight is 435 g/mol. The third-order valence-corrected chi connectivity index (χ3v) is 6.80. The lowest BCUT2D eigenvalue weighted by Gasteiger charge is -2.12. The molecule has 0 fully saturated rings. The SMILES string of the molecule is C1=CC(n2c3ccccc3c3ccccc32)=CNC=C1c1c2ccccc2cc2ccccc12. The number of aromatic nitrogens is 1. The summed E-state index contributed by atoms with van der Waals surface area (Å²) in [5.74, 6) is 0. The minimum Gasteiger partial charge on any atom is -0.365 e. The van der Waals surface area contributed by atoms with E-state index in [1.807, 2.05) is 0 Å². The lowest BCUT2D eigenvalue weighted by molar-refractivity contribution is 1.15. The van der Waals surface area contributed by atoms with Crippen LogP contribution in [0.25, 0.3) is 54.6 Å². The fourth-order valence-corrected chi connectivity index (χ4v) is 5.31. The Kier molecular flexibility index (Phi) is 4.18. The van der Waals surface area contributed by atoms with Gasteiger partial charge in [-0.1, -0.05) is 91.0 Å². The lowest BCUT2D eigenvalue weighted by atomic mass is 9.92. The summed E-state index contributed by atoms with van der Waals surface area (Å²) >= 11 is 0. The molecule has 0 saturated carbocycles. The summed E-state index contributed by atoms with van der Waals surface area (Å²) in [6.45, 7) is 0. The highest BCUT2D eigenvalue weighted by atomic mass is 15.0. The molecule has 6 aromatic rings. The van der Waals surface area contributed by atoms with E-state index in [4.69, 9.17) is 0 Å². The van der Waals surface area contributed by atoms with Gasteiger partial charge in [0, 0.05) is 23.2 Å². The molecule has 0 aliphatic carbocycles. The average Bonchev–Trinajstić information content (AvgIpc) is 3.03. The minimum atomic E-state index is 1.10. The summed E-state index contributed by atoms with van der Waals surface area (Å²) in [6.07, 6.45) is 8.67. The molecule has 1 aromatic heterocycles. The van der Waals surface area contributed by atoms with E-state index >= 15 is 0 Å². The van der Waals surface area contributed by atoms with Crippen LogP contribution in [0.5, 0.6) is 0 Å². The van der Waals surface area contributed by atoms with Gasteiger partial charge in [0.25, 0.3) is 0 Å². The maximum Gasteiger partial charge on any atom is 0.0622 e. The largest absolute Gasteiger partial charge is 0.365 e. The first-order valence-electron chi connectivity index (χ1n) is 11.6. The van der Waals surface area contributed by atoms with Crippen LogP contribution in [0.3, 0.4) is 0 Å². The van der Waals surface area contributed by atoms with E-state index < -0.39 is 0 Å². The van der Waals surface area contributed by atoms with Gasteiger partial charge in [0.1, 0.15) is 0 Å². The molecule has 0 amide bonds. The van der Waals surface area contributed by atoms with Crippen molar-refractivity contribution in [1.82, 2.24) is 9.88 Å². The molecule has 2 nitrogen and oxygen atoms in total. The first kappa shape index (κ1) is 19.0. The Hall–Kier alpha value is -4.56. The van der Waals surface area contributed by atoms with Gasteiger partial charge in [-0.15, -0.1) is 0 Å².